The first-order chi connectivity index (χ1) is 19.9. The van der Waals surface area contributed by atoms with Crippen molar-refractivity contribution in [2.24, 2.45) is 5.92 Å². The molecule has 11 heteroatoms. The summed E-state index contributed by atoms with van der Waals surface area (Å²) in [5, 5.41) is 14.2. The molecule has 9 nitrogen and oxygen atoms in total. The summed E-state index contributed by atoms with van der Waals surface area (Å²) in [6.07, 6.45) is 3.26. The van der Waals surface area contributed by atoms with Crippen molar-refractivity contribution in [1.29, 1.82) is 0 Å². The van der Waals surface area contributed by atoms with Gasteiger partial charge in [-0.15, -0.1) is 0 Å². The van der Waals surface area contributed by atoms with E-state index in [1.165, 1.54) is 28.8 Å². The maximum Gasteiger partial charge on any atom is 0.351 e. The molecular weight excluding hydrogens is 542 g/mol. The molecule has 2 aliphatic heterocycles. The quantitative estimate of drug-likeness (QED) is 0.346. The Hall–Kier alpha value is -4.12. The Labute approximate surface area is 243 Å². The van der Waals surface area contributed by atoms with Gasteiger partial charge in [-0.25, -0.2) is 18.6 Å². The number of carbonyl (C=O) groups excluding carboxylic acids is 1. The molecule has 1 fully saturated rings. The van der Waals surface area contributed by atoms with Gasteiger partial charge >= 0.3 is 5.69 Å². The Morgan fingerprint density at radius 3 is 2.57 bits per heavy atom. The maximum atomic E-state index is 15.9. The van der Waals surface area contributed by atoms with Crippen molar-refractivity contribution in [3.63, 3.8) is 0 Å². The number of pyridine rings is 1. The number of aromatic hydroxyl groups is 1. The third-order valence-corrected chi connectivity index (χ3v) is 8.36. The van der Waals surface area contributed by atoms with Gasteiger partial charge in [-0.3, -0.25) is 9.36 Å². The molecule has 0 aliphatic carbocycles. The van der Waals surface area contributed by atoms with Crippen LogP contribution in [-0.4, -0.2) is 68.2 Å². The van der Waals surface area contributed by atoms with Crippen LogP contribution in [0.1, 0.15) is 40.7 Å². The first kappa shape index (κ1) is 29.4. The smallest absolute Gasteiger partial charge is 0.351 e. The Morgan fingerprint density at radius 1 is 1.17 bits per heavy atom. The third kappa shape index (κ3) is 4.95. The number of phenolic OH excluding ortho intramolecular Hbond substituents is 1. The molecule has 1 aromatic carbocycles. The van der Waals surface area contributed by atoms with Crippen molar-refractivity contribution < 1.29 is 18.7 Å². The largest absolute Gasteiger partial charge is 0.507 e. The van der Waals surface area contributed by atoms with Gasteiger partial charge in [0.25, 0.3) is 0 Å². The molecule has 0 radical (unpaired) electrons. The van der Waals surface area contributed by atoms with E-state index in [0.717, 1.165) is 11.6 Å². The molecule has 4 atom stereocenters. The lowest BCUT2D eigenvalue weighted by Gasteiger charge is -2.44. The van der Waals surface area contributed by atoms with Crippen molar-refractivity contribution in [2.45, 2.75) is 58.8 Å². The van der Waals surface area contributed by atoms with Crippen LogP contribution in [-0.2, 0) is 4.79 Å². The number of aromatic nitrogens is 3. The number of nitrogens with zero attached hydrogens (tertiary/aromatic N) is 5. The monoisotopic (exact) mass is 578 g/mol. The Balaban J connectivity index is 1.80. The van der Waals surface area contributed by atoms with E-state index in [4.69, 9.17) is 0 Å². The predicted octanol–water partition coefficient (Wildman–Crippen LogP) is 4.17. The molecule has 222 valence electrons. The first-order valence-corrected chi connectivity index (χ1v) is 14.1. The summed E-state index contributed by atoms with van der Waals surface area (Å²) in [4.78, 5) is 39.1. The first-order valence-electron chi connectivity index (χ1n) is 14.1. The summed E-state index contributed by atoms with van der Waals surface area (Å²) in [6, 6.07) is 3.74. The summed E-state index contributed by atoms with van der Waals surface area (Å²) in [6.45, 7) is 14.7. The Kier molecular flexibility index (Phi) is 7.89. The van der Waals surface area contributed by atoms with Gasteiger partial charge in [0.05, 0.1) is 17.0 Å². The van der Waals surface area contributed by atoms with E-state index < -0.39 is 34.8 Å². The molecule has 42 heavy (non-hydrogen) atoms. The average molecular weight is 579 g/mol. The van der Waals surface area contributed by atoms with Crippen LogP contribution >= 0.6 is 0 Å². The number of carbonyl (C=O) groups is 1. The molecule has 1 amide bonds. The van der Waals surface area contributed by atoms with E-state index in [1.54, 1.807) is 4.90 Å². The summed E-state index contributed by atoms with van der Waals surface area (Å²) in [5.41, 5.74) is -0.331. The van der Waals surface area contributed by atoms with E-state index in [0.29, 0.717) is 19.6 Å². The summed E-state index contributed by atoms with van der Waals surface area (Å²) in [5.74, 6) is -2.02. The molecule has 2 unspecified atom stereocenters. The Morgan fingerprint density at radius 2 is 1.90 bits per heavy atom. The van der Waals surface area contributed by atoms with Crippen LogP contribution in [0.2, 0.25) is 0 Å². The minimum absolute atomic E-state index is 0.118. The van der Waals surface area contributed by atoms with Gasteiger partial charge in [-0.1, -0.05) is 38.1 Å². The second-order valence-electron chi connectivity index (χ2n) is 11.5. The van der Waals surface area contributed by atoms with Crippen LogP contribution in [0.4, 0.5) is 14.6 Å². The molecule has 2 N–H and O–H groups in total. The van der Waals surface area contributed by atoms with Gasteiger partial charge in [0, 0.05) is 37.8 Å². The number of nitrogens with one attached hydrogen (secondary N) is 1. The standard InChI is InChI=1S/C31H36F2N6O3/c1-7-24(41)37-14-19(6)38(15-18(37)5)29-20-13-22(33)27(25-21(32)9-8-10-23(25)40)35-30(20)39(31(42)36-29)28-17(4)11-12-34-26(28)16(2)3/h7-11,13,16,18-19,26,28,34,40H,1,12,14-15H2,2-6H3/t18-,19+,26?,28?/m1/s1. The molecule has 0 spiro atoms. The molecule has 2 aliphatic rings. The predicted molar refractivity (Wildman–Crippen MR) is 158 cm³/mol. The molecule has 4 heterocycles. The van der Waals surface area contributed by atoms with Crippen molar-refractivity contribution in [3.05, 3.63) is 70.7 Å². The number of fused-ring (bicyclic) bond motifs is 1. The van der Waals surface area contributed by atoms with E-state index in [-0.39, 0.29) is 52.4 Å². The lowest BCUT2D eigenvalue weighted by atomic mass is 9.88. The number of rotatable bonds is 5. The molecule has 3 aromatic rings. The molecule has 0 bridgehead atoms. The highest BCUT2D eigenvalue weighted by molar-refractivity contribution is 5.91. The van der Waals surface area contributed by atoms with E-state index in [9.17, 15) is 19.1 Å². The van der Waals surface area contributed by atoms with Crippen LogP contribution in [0, 0.1) is 17.6 Å². The van der Waals surface area contributed by atoms with Crippen molar-refractivity contribution >= 4 is 22.8 Å². The number of amides is 1. The second kappa shape index (κ2) is 11.3. The topological polar surface area (TPSA) is 104 Å². The molecule has 5 rings (SSSR count). The van der Waals surface area contributed by atoms with Gasteiger partial charge < -0.3 is 20.2 Å². The van der Waals surface area contributed by atoms with Crippen LogP contribution in [0.5, 0.6) is 5.75 Å². The summed E-state index contributed by atoms with van der Waals surface area (Å²) >= 11 is 0. The number of piperazine rings is 1. The minimum Gasteiger partial charge on any atom is -0.507 e. The van der Waals surface area contributed by atoms with Gasteiger partial charge in [-0.2, -0.15) is 4.98 Å². The summed E-state index contributed by atoms with van der Waals surface area (Å²) in [7, 11) is 0. The van der Waals surface area contributed by atoms with E-state index in [2.05, 4.69) is 21.9 Å². The van der Waals surface area contributed by atoms with Crippen molar-refractivity contribution in [2.75, 3.05) is 24.5 Å². The fourth-order valence-corrected chi connectivity index (χ4v) is 6.20. The van der Waals surface area contributed by atoms with Crippen LogP contribution in [0.25, 0.3) is 22.3 Å². The van der Waals surface area contributed by atoms with Gasteiger partial charge in [0.1, 0.15) is 28.7 Å². The highest BCUT2D eigenvalue weighted by Crippen LogP contribution is 2.38. The van der Waals surface area contributed by atoms with E-state index in [1.807, 2.05) is 45.6 Å². The molecular formula is C31H36F2N6O3. The summed E-state index contributed by atoms with van der Waals surface area (Å²) < 4.78 is 32.3. The minimum atomic E-state index is -0.869. The number of halogens is 2. The third-order valence-electron chi connectivity index (χ3n) is 8.36. The number of hydrogen-bond donors (Lipinski definition) is 2. The maximum absolute atomic E-state index is 15.9. The number of hydrogen-bond acceptors (Lipinski definition) is 7. The fourth-order valence-electron chi connectivity index (χ4n) is 6.20. The fraction of sp³-hybridized carbons (Fsp3) is 0.419. The zero-order valence-electron chi connectivity index (χ0n) is 24.4. The van der Waals surface area contributed by atoms with Crippen LogP contribution < -0.4 is 15.9 Å². The zero-order valence-corrected chi connectivity index (χ0v) is 24.4. The average Bonchev–Trinajstić information content (AvgIpc) is 2.94. The van der Waals surface area contributed by atoms with Crippen molar-refractivity contribution in [3.8, 4) is 17.0 Å². The van der Waals surface area contributed by atoms with Gasteiger partial charge in [0.2, 0.25) is 5.91 Å². The number of phenols is 1. The number of anilines is 1. The van der Waals surface area contributed by atoms with Gasteiger partial charge in [0.15, 0.2) is 5.82 Å². The second-order valence-corrected chi connectivity index (χ2v) is 11.5. The van der Waals surface area contributed by atoms with Crippen LogP contribution in [0.3, 0.4) is 0 Å². The Bertz CT molecular complexity index is 1630. The highest BCUT2D eigenvalue weighted by Gasteiger charge is 2.36. The SMILES string of the molecule is C=CC(=O)N1C[C@H](C)N(c2nc(=O)n(C3C(C)=CCNC3C(C)C)c3nc(-c4c(O)cccc4F)c(F)cc23)C[C@H]1C. The van der Waals surface area contributed by atoms with Crippen molar-refractivity contribution in [1.82, 2.24) is 24.8 Å². The molecule has 0 saturated carbocycles. The number of benzene rings is 1. The van der Waals surface area contributed by atoms with E-state index >= 15 is 4.39 Å². The van der Waals surface area contributed by atoms with Gasteiger partial charge in [-0.05, 0) is 51.0 Å². The van der Waals surface area contributed by atoms with Crippen LogP contribution in [0.15, 0.2) is 53.4 Å². The normalized spacial score (nSPS) is 22.9. The zero-order chi connectivity index (χ0) is 30.5. The lowest BCUT2D eigenvalue weighted by molar-refractivity contribution is -0.128. The molecule has 2 aromatic heterocycles. The lowest BCUT2D eigenvalue weighted by Crippen LogP contribution is -2.58. The molecule has 1 saturated heterocycles. The highest BCUT2D eigenvalue weighted by atomic mass is 19.1.